The van der Waals surface area contributed by atoms with Crippen molar-refractivity contribution in [2.75, 3.05) is 39.9 Å². The summed E-state index contributed by atoms with van der Waals surface area (Å²) in [5.74, 6) is -0.290. The molecule has 3 heterocycles. The van der Waals surface area contributed by atoms with E-state index in [1.807, 2.05) is 59.5 Å². The number of carbonyl (C=O) groups excluding carboxylic acids is 2. The van der Waals surface area contributed by atoms with Gasteiger partial charge in [0, 0.05) is 50.3 Å². The first kappa shape index (κ1) is 22.5. The van der Waals surface area contributed by atoms with Crippen molar-refractivity contribution in [3.05, 3.63) is 65.9 Å². The molecule has 0 spiro atoms. The van der Waals surface area contributed by atoms with Crippen LogP contribution in [-0.4, -0.2) is 72.7 Å². The average Bonchev–Trinajstić information content (AvgIpc) is 3.43. The number of ether oxygens (including phenoxy) is 2. The lowest BCUT2D eigenvalue weighted by Crippen LogP contribution is -2.51. The molecular weight excluding hydrogens is 430 g/mol. The van der Waals surface area contributed by atoms with Crippen LogP contribution in [0.1, 0.15) is 28.9 Å². The fraction of sp³-hybridized carbons (Fsp3) is 0.370. The van der Waals surface area contributed by atoms with Crippen molar-refractivity contribution in [2.45, 2.75) is 25.5 Å². The predicted octanol–water partition coefficient (Wildman–Crippen LogP) is 3.51. The second kappa shape index (κ2) is 9.91. The van der Waals surface area contributed by atoms with Crippen LogP contribution in [0, 0.1) is 0 Å². The van der Waals surface area contributed by atoms with Gasteiger partial charge in [-0.15, -0.1) is 0 Å². The molecule has 3 aromatic rings. The average molecular weight is 460 g/mol. The molecule has 7 heteroatoms. The van der Waals surface area contributed by atoms with Gasteiger partial charge in [0.15, 0.2) is 0 Å². The van der Waals surface area contributed by atoms with Crippen LogP contribution in [0.25, 0.3) is 22.0 Å². The molecule has 176 valence electrons. The summed E-state index contributed by atoms with van der Waals surface area (Å²) >= 11 is 0. The van der Waals surface area contributed by atoms with Gasteiger partial charge in [0.05, 0.1) is 23.9 Å². The minimum absolute atomic E-state index is 0.0996. The van der Waals surface area contributed by atoms with Gasteiger partial charge >= 0.3 is 5.97 Å². The quantitative estimate of drug-likeness (QED) is 0.544. The van der Waals surface area contributed by atoms with Crippen molar-refractivity contribution in [2.24, 2.45) is 0 Å². The molecule has 5 rings (SSSR count). The number of nitrogens with zero attached hydrogens (tertiary/aromatic N) is 3. The Hall–Kier alpha value is -3.29. The molecule has 2 aliphatic rings. The van der Waals surface area contributed by atoms with Crippen molar-refractivity contribution in [1.29, 1.82) is 0 Å². The predicted molar refractivity (Wildman–Crippen MR) is 129 cm³/mol. The highest BCUT2D eigenvalue weighted by Gasteiger charge is 2.31. The molecule has 0 N–H and O–H groups in total. The van der Waals surface area contributed by atoms with Gasteiger partial charge in [-0.05, 0) is 24.5 Å². The van der Waals surface area contributed by atoms with Crippen molar-refractivity contribution in [1.82, 2.24) is 14.8 Å². The smallest absolute Gasteiger partial charge is 0.340 e. The molecule has 0 bridgehead atoms. The number of carbonyl (C=O) groups is 2. The van der Waals surface area contributed by atoms with Gasteiger partial charge < -0.3 is 14.4 Å². The summed E-state index contributed by atoms with van der Waals surface area (Å²) in [7, 11) is 1.41. The second-order valence-corrected chi connectivity index (χ2v) is 8.79. The van der Waals surface area contributed by atoms with Crippen LogP contribution in [0.5, 0.6) is 0 Å². The fourth-order valence-electron chi connectivity index (χ4n) is 4.92. The minimum atomic E-state index is -0.390. The molecular formula is C27H29N3O4. The SMILES string of the molecule is COC(=O)c1c(CN2CCN(C(=O)[C@@H]3CCCO3)CC2)nc2ccccc2c1-c1ccccc1. The van der Waals surface area contributed by atoms with Crippen LogP contribution < -0.4 is 0 Å². The first-order valence-electron chi connectivity index (χ1n) is 11.8. The number of hydrogen-bond donors (Lipinski definition) is 0. The Labute approximate surface area is 199 Å². The van der Waals surface area contributed by atoms with E-state index in [2.05, 4.69) is 4.90 Å². The van der Waals surface area contributed by atoms with Crippen LogP contribution in [0.3, 0.4) is 0 Å². The van der Waals surface area contributed by atoms with E-state index in [9.17, 15) is 9.59 Å². The molecule has 2 aromatic carbocycles. The molecule has 34 heavy (non-hydrogen) atoms. The van der Waals surface area contributed by atoms with E-state index in [-0.39, 0.29) is 18.0 Å². The Kier molecular flexibility index (Phi) is 6.56. The lowest BCUT2D eigenvalue weighted by atomic mass is 9.93. The Morgan fingerprint density at radius 2 is 1.76 bits per heavy atom. The van der Waals surface area contributed by atoms with E-state index in [0.717, 1.165) is 34.9 Å². The fourth-order valence-corrected chi connectivity index (χ4v) is 4.92. The summed E-state index contributed by atoms with van der Waals surface area (Å²) < 4.78 is 10.8. The molecule has 1 amide bonds. The van der Waals surface area contributed by atoms with Gasteiger partial charge in [-0.1, -0.05) is 48.5 Å². The molecule has 2 aliphatic heterocycles. The van der Waals surface area contributed by atoms with Crippen LogP contribution >= 0.6 is 0 Å². The van der Waals surface area contributed by atoms with E-state index in [1.54, 1.807) is 0 Å². The largest absolute Gasteiger partial charge is 0.465 e. The first-order chi connectivity index (χ1) is 16.7. The number of piperazine rings is 1. The summed E-state index contributed by atoms with van der Waals surface area (Å²) in [5, 5.41) is 0.921. The van der Waals surface area contributed by atoms with Gasteiger partial charge in [-0.2, -0.15) is 0 Å². The number of esters is 1. The summed E-state index contributed by atoms with van der Waals surface area (Å²) in [5.41, 5.74) is 3.85. The number of hydrogen-bond acceptors (Lipinski definition) is 6. The van der Waals surface area contributed by atoms with Gasteiger partial charge in [-0.3, -0.25) is 14.7 Å². The zero-order chi connectivity index (χ0) is 23.5. The van der Waals surface area contributed by atoms with Gasteiger partial charge in [0.25, 0.3) is 5.91 Å². The number of fused-ring (bicyclic) bond motifs is 1. The van der Waals surface area contributed by atoms with Crippen LogP contribution in [-0.2, 0) is 20.8 Å². The lowest BCUT2D eigenvalue weighted by molar-refractivity contribution is -0.142. The maximum atomic E-state index is 13.1. The standard InChI is InChI=1S/C27H29N3O4/c1-33-27(32)25-22(18-29-13-15-30(16-14-29)26(31)23-12-7-17-34-23)28-21-11-6-5-10-20(21)24(25)19-8-3-2-4-9-19/h2-6,8-11,23H,7,12-18H2,1H3/t23-/m0/s1. The summed E-state index contributed by atoms with van der Waals surface area (Å²) in [6, 6.07) is 17.8. The first-order valence-corrected chi connectivity index (χ1v) is 11.8. The molecule has 0 unspecified atom stereocenters. The van der Waals surface area contributed by atoms with E-state index in [0.29, 0.717) is 50.6 Å². The van der Waals surface area contributed by atoms with Crippen LogP contribution in [0.4, 0.5) is 0 Å². The molecule has 2 fully saturated rings. The normalized spacial score (nSPS) is 18.9. The van der Waals surface area contributed by atoms with Crippen molar-refractivity contribution in [3.8, 4) is 11.1 Å². The number of aromatic nitrogens is 1. The molecule has 0 radical (unpaired) electrons. The zero-order valence-corrected chi connectivity index (χ0v) is 19.4. The van der Waals surface area contributed by atoms with Gasteiger partial charge in [0.2, 0.25) is 0 Å². The Morgan fingerprint density at radius 1 is 1.03 bits per heavy atom. The topological polar surface area (TPSA) is 72.0 Å². The molecule has 7 nitrogen and oxygen atoms in total. The van der Waals surface area contributed by atoms with E-state index in [1.165, 1.54) is 7.11 Å². The summed E-state index contributed by atoms with van der Waals surface area (Å²) in [6.45, 7) is 3.90. The number of pyridine rings is 1. The van der Waals surface area contributed by atoms with Crippen LogP contribution in [0.15, 0.2) is 54.6 Å². The molecule has 0 saturated carbocycles. The maximum absolute atomic E-state index is 13.1. The van der Waals surface area contributed by atoms with E-state index in [4.69, 9.17) is 14.5 Å². The summed E-state index contributed by atoms with van der Waals surface area (Å²) in [4.78, 5) is 34.8. The number of amides is 1. The number of para-hydroxylation sites is 1. The Bertz CT molecular complexity index is 1180. The van der Waals surface area contributed by atoms with Crippen LogP contribution in [0.2, 0.25) is 0 Å². The Balaban J connectivity index is 1.45. The third-order valence-corrected chi connectivity index (χ3v) is 6.68. The number of methoxy groups -OCH3 is 1. The molecule has 0 aliphatic carbocycles. The Morgan fingerprint density at radius 3 is 2.47 bits per heavy atom. The van der Waals surface area contributed by atoms with Crippen molar-refractivity contribution >= 4 is 22.8 Å². The van der Waals surface area contributed by atoms with E-state index < -0.39 is 0 Å². The minimum Gasteiger partial charge on any atom is -0.465 e. The number of rotatable bonds is 5. The third-order valence-electron chi connectivity index (χ3n) is 6.68. The third kappa shape index (κ3) is 4.41. The van der Waals surface area contributed by atoms with Crippen molar-refractivity contribution < 1.29 is 19.1 Å². The van der Waals surface area contributed by atoms with Crippen molar-refractivity contribution in [3.63, 3.8) is 0 Å². The lowest BCUT2D eigenvalue weighted by Gasteiger charge is -2.35. The molecule has 1 atom stereocenters. The highest BCUT2D eigenvalue weighted by atomic mass is 16.5. The van der Waals surface area contributed by atoms with Gasteiger partial charge in [-0.25, -0.2) is 4.79 Å². The van der Waals surface area contributed by atoms with Gasteiger partial charge in [0.1, 0.15) is 6.10 Å². The monoisotopic (exact) mass is 459 g/mol. The second-order valence-electron chi connectivity index (χ2n) is 8.79. The highest BCUT2D eigenvalue weighted by Crippen LogP contribution is 2.34. The number of benzene rings is 2. The highest BCUT2D eigenvalue weighted by molar-refractivity contribution is 6.07. The maximum Gasteiger partial charge on any atom is 0.340 e. The summed E-state index contributed by atoms with van der Waals surface area (Å²) in [6.07, 6.45) is 1.47. The molecule has 2 saturated heterocycles. The molecule has 1 aromatic heterocycles. The van der Waals surface area contributed by atoms with E-state index >= 15 is 0 Å². The zero-order valence-electron chi connectivity index (χ0n) is 19.4.